The predicted octanol–water partition coefficient (Wildman–Crippen LogP) is 11.9. The molecule has 0 fully saturated rings. The molecule has 0 aliphatic rings. The molecule has 4 heterocycles. The Kier molecular flexibility index (Phi) is 6.48. The Labute approximate surface area is 305 Å². The molecule has 0 atom stereocenters. The first-order chi connectivity index (χ1) is 26.3. The number of pyridine rings is 1. The van der Waals surface area contributed by atoms with Gasteiger partial charge in [0.25, 0.3) is 0 Å². The van der Waals surface area contributed by atoms with E-state index >= 15 is 0 Å². The van der Waals surface area contributed by atoms with Gasteiger partial charge in [-0.2, -0.15) is 0 Å². The van der Waals surface area contributed by atoms with Gasteiger partial charge < -0.3 is 9.13 Å². The van der Waals surface area contributed by atoms with E-state index in [1.807, 2.05) is 12.1 Å². The zero-order valence-corrected chi connectivity index (χ0v) is 28.6. The lowest BCUT2D eigenvalue weighted by molar-refractivity contribution is 1.08. The Morgan fingerprint density at radius 1 is 0.302 bits per heavy atom. The lowest BCUT2D eigenvalue weighted by Gasteiger charge is -2.16. The summed E-state index contributed by atoms with van der Waals surface area (Å²) in [5.41, 5.74) is 12.5. The minimum atomic E-state index is 0.806. The number of benzene rings is 7. The summed E-state index contributed by atoms with van der Waals surface area (Å²) in [5.74, 6) is 0.806. The average molecular weight is 678 g/mol. The Morgan fingerprint density at radius 3 is 1.30 bits per heavy atom. The highest BCUT2D eigenvalue weighted by atomic mass is 15.1. The molecule has 53 heavy (non-hydrogen) atoms. The van der Waals surface area contributed by atoms with Crippen LogP contribution in [0.4, 0.5) is 0 Å². The second-order valence-corrected chi connectivity index (χ2v) is 13.5. The number of rotatable bonds is 5. The molecule has 248 valence electrons. The van der Waals surface area contributed by atoms with E-state index in [2.05, 4.69) is 190 Å². The summed E-state index contributed by atoms with van der Waals surface area (Å²) < 4.78 is 6.99. The predicted molar refractivity (Wildman–Crippen MR) is 218 cm³/mol. The summed E-state index contributed by atoms with van der Waals surface area (Å²) >= 11 is 0. The zero-order valence-electron chi connectivity index (χ0n) is 28.6. The van der Waals surface area contributed by atoms with Gasteiger partial charge in [0.2, 0.25) is 0 Å². The quantitative estimate of drug-likeness (QED) is 0.182. The first kappa shape index (κ1) is 29.5. The minimum absolute atomic E-state index is 0.806. The molecule has 5 nitrogen and oxygen atoms in total. The van der Waals surface area contributed by atoms with Crippen molar-refractivity contribution in [2.75, 3.05) is 0 Å². The third-order valence-corrected chi connectivity index (χ3v) is 10.4. The second-order valence-electron chi connectivity index (χ2n) is 13.5. The fraction of sp³-hybridized carbons (Fsp3) is 0. The van der Waals surface area contributed by atoms with Gasteiger partial charge in [0.1, 0.15) is 5.69 Å². The van der Waals surface area contributed by atoms with Gasteiger partial charge in [-0.1, -0.05) is 109 Å². The summed E-state index contributed by atoms with van der Waals surface area (Å²) in [4.78, 5) is 10.5. The standard InChI is InChI=1S/C48H31N5/c1-2-15-33(16-3-1)53-47-28-13-8-21-41(47)50-48(53)42-23-14-22-40(49-42)32-29-34(51-43-24-9-4-17-36(43)37-18-5-10-25-44(37)51)31-35(30-32)52-45-26-11-6-19-38(45)39-20-7-12-27-46(39)52/h1-31H. The van der Waals surface area contributed by atoms with Crippen LogP contribution in [0.3, 0.4) is 0 Å². The molecule has 5 heteroatoms. The van der Waals surface area contributed by atoms with Gasteiger partial charge >= 0.3 is 0 Å². The molecule has 0 saturated heterocycles. The molecule has 0 saturated carbocycles. The summed E-state index contributed by atoms with van der Waals surface area (Å²) in [6.45, 7) is 0. The van der Waals surface area contributed by atoms with E-state index in [4.69, 9.17) is 9.97 Å². The van der Waals surface area contributed by atoms with Gasteiger partial charge in [-0.3, -0.25) is 4.57 Å². The van der Waals surface area contributed by atoms with Crippen molar-refractivity contribution >= 4 is 54.6 Å². The van der Waals surface area contributed by atoms with E-state index in [9.17, 15) is 0 Å². The maximum absolute atomic E-state index is 5.39. The van der Waals surface area contributed by atoms with Crippen LogP contribution < -0.4 is 0 Å². The SMILES string of the molecule is c1ccc(-n2c(-c3cccc(-c4cc(-n5c6ccccc6c6ccccc65)cc(-n5c6ccccc6c6ccccc65)c4)n3)nc3ccccc32)cc1. The fourth-order valence-electron chi connectivity index (χ4n) is 8.16. The monoisotopic (exact) mass is 677 g/mol. The Balaban J connectivity index is 1.19. The van der Waals surface area contributed by atoms with Crippen molar-refractivity contribution in [2.24, 2.45) is 0 Å². The first-order valence-corrected chi connectivity index (χ1v) is 17.9. The molecule has 0 unspecified atom stereocenters. The van der Waals surface area contributed by atoms with Gasteiger partial charge in [0.15, 0.2) is 5.82 Å². The van der Waals surface area contributed by atoms with Crippen LogP contribution in [0.1, 0.15) is 0 Å². The van der Waals surface area contributed by atoms with E-state index in [-0.39, 0.29) is 0 Å². The van der Waals surface area contributed by atoms with Crippen molar-refractivity contribution in [1.29, 1.82) is 0 Å². The number of aromatic nitrogens is 5. The molecule has 0 spiro atoms. The van der Waals surface area contributed by atoms with Crippen LogP contribution >= 0.6 is 0 Å². The van der Waals surface area contributed by atoms with Crippen molar-refractivity contribution in [1.82, 2.24) is 23.7 Å². The van der Waals surface area contributed by atoms with E-state index < -0.39 is 0 Å². The Morgan fingerprint density at radius 2 is 0.755 bits per heavy atom. The van der Waals surface area contributed by atoms with Crippen LogP contribution in [0.5, 0.6) is 0 Å². The molecule has 7 aromatic carbocycles. The van der Waals surface area contributed by atoms with Crippen LogP contribution in [0, 0.1) is 0 Å². The molecule has 0 bridgehead atoms. The second kappa shape index (κ2) is 11.7. The van der Waals surface area contributed by atoms with Gasteiger partial charge in [-0.15, -0.1) is 0 Å². The third-order valence-electron chi connectivity index (χ3n) is 10.4. The maximum atomic E-state index is 5.39. The minimum Gasteiger partial charge on any atom is -0.309 e. The van der Waals surface area contributed by atoms with Gasteiger partial charge in [-0.05, 0) is 78.9 Å². The van der Waals surface area contributed by atoms with Crippen LogP contribution in [-0.4, -0.2) is 23.7 Å². The van der Waals surface area contributed by atoms with E-state index in [0.29, 0.717) is 0 Å². The van der Waals surface area contributed by atoms with E-state index in [1.54, 1.807) is 0 Å². The topological polar surface area (TPSA) is 40.6 Å². The zero-order chi connectivity index (χ0) is 34.9. The number of hydrogen-bond acceptors (Lipinski definition) is 2. The molecule has 0 N–H and O–H groups in total. The molecule has 0 aliphatic heterocycles. The maximum Gasteiger partial charge on any atom is 0.164 e. The number of fused-ring (bicyclic) bond motifs is 7. The highest BCUT2D eigenvalue weighted by molar-refractivity contribution is 6.10. The lowest BCUT2D eigenvalue weighted by atomic mass is 10.1. The van der Waals surface area contributed by atoms with E-state index in [1.165, 1.54) is 21.5 Å². The van der Waals surface area contributed by atoms with Gasteiger partial charge in [-0.25, -0.2) is 9.97 Å². The van der Waals surface area contributed by atoms with Gasteiger partial charge in [0, 0.05) is 44.2 Å². The smallest absolute Gasteiger partial charge is 0.164 e. The van der Waals surface area contributed by atoms with Crippen molar-refractivity contribution < 1.29 is 0 Å². The van der Waals surface area contributed by atoms with Gasteiger partial charge in [0.05, 0.1) is 38.8 Å². The molecular formula is C48H31N5. The summed E-state index contributed by atoms with van der Waals surface area (Å²) in [6, 6.07) is 66.6. The average Bonchev–Trinajstić information content (AvgIpc) is 3.89. The normalized spacial score (nSPS) is 11.8. The molecule has 0 radical (unpaired) electrons. The van der Waals surface area contributed by atoms with Crippen LogP contribution in [0.2, 0.25) is 0 Å². The third kappa shape index (κ3) is 4.57. The number of para-hydroxylation sites is 7. The van der Waals surface area contributed by atoms with Crippen molar-refractivity contribution in [3.05, 3.63) is 188 Å². The number of hydrogen-bond donors (Lipinski definition) is 0. The fourth-order valence-corrected chi connectivity index (χ4v) is 8.16. The van der Waals surface area contributed by atoms with E-state index in [0.717, 1.165) is 72.9 Å². The van der Waals surface area contributed by atoms with Crippen molar-refractivity contribution in [2.45, 2.75) is 0 Å². The molecular weight excluding hydrogens is 647 g/mol. The molecule has 0 amide bonds. The summed E-state index contributed by atoms with van der Waals surface area (Å²) in [7, 11) is 0. The highest BCUT2D eigenvalue weighted by Crippen LogP contribution is 2.38. The highest BCUT2D eigenvalue weighted by Gasteiger charge is 2.19. The molecule has 4 aromatic heterocycles. The molecule has 0 aliphatic carbocycles. The molecule has 11 rings (SSSR count). The lowest BCUT2D eigenvalue weighted by Crippen LogP contribution is -2.01. The van der Waals surface area contributed by atoms with Crippen LogP contribution in [0.15, 0.2) is 188 Å². The molecule has 11 aromatic rings. The largest absolute Gasteiger partial charge is 0.309 e. The summed E-state index contributed by atoms with van der Waals surface area (Å²) in [6.07, 6.45) is 0. The number of imidazole rings is 1. The van der Waals surface area contributed by atoms with Crippen molar-refractivity contribution in [3.8, 4) is 39.8 Å². The number of nitrogens with zero attached hydrogens (tertiary/aromatic N) is 5. The van der Waals surface area contributed by atoms with Crippen molar-refractivity contribution in [3.63, 3.8) is 0 Å². The van der Waals surface area contributed by atoms with Crippen LogP contribution in [-0.2, 0) is 0 Å². The summed E-state index contributed by atoms with van der Waals surface area (Å²) in [5, 5.41) is 4.91. The first-order valence-electron chi connectivity index (χ1n) is 17.9. The Hall–Kier alpha value is -7.24. The Bertz CT molecular complexity index is 2940. The van der Waals surface area contributed by atoms with Crippen LogP contribution in [0.25, 0.3) is 94.5 Å².